The monoisotopic (exact) mass is 456 g/mol. The van der Waals surface area contributed by atoms with Gasteiger partial charge < -0.3 is 19.9 Å². The van der Waals surface area contributed by atoms with E-state index in [-0.39, 0.29) is 24.0 Å². The van der Waals surface area contributed by atoms with Crippen molar-refractivity contribution in [3.63, 3.8) is 0 Å². The van der Waals surface area contributed by atoms with Crippen molar-refractivity contribution in [3.05, 3.63) is 46.7 Å². The van der Waals surface area contributed by atoms with Crippen LogP contribution in [0, 0.1) is 0 Å². The number of carbonyl (C=O) groups is 2. The molecule has 0 bridgehead atoms. The third kappa shape index (κ3) is 5.88. The molecule has 0 spiro atoms. The molecule has 2 aliphatic rings. The number of amides is 2. The average Bonchev–Trinajstić information content (AvgIpc) is 3.20. The number of anilines is 2. The van der Waals surface area contributed by atoms with Gasteiger partial charge in [0.15, 0.2) is 0 Å². The lowest BCUT2D eigenvalue weighted by Gasteiger charge is -2.36. The molecule has 7 nitrogen and oxygen atoms in total. The van der Waals surface area contributed by atoms with Gasteiger partial charge in [0.2, 0.25) is 5.91 Å². The zero-order valence-corrected chi connectivity index (χ0v) is 19.6. The van der Waals surface area contributed by atoms with Gasteiger partial charge in [-0.15, -0.1) is 0 Å². The number of ether oxygens (including phenoxy) is 1. The number of rotatable bonds is 5. The quantitative estimate of drug-likeness (QED) is 0.749. The van der Waals surface area contributed by atoms with E-state index in [0.29, 0.717) is 19.6 Å². The number of hydrogen-bond acceptors (Lipinski definition) is 6. The first-order valence-corrected chi connectivity index (χ1v) is 12.3. The van der Waals surface area contributed by atoms with Gasteiger partial charge in [-0.3, -0.25) is 14.5 Å². The minimum absolute atomic E-state index is 0.0241. The topological polar surface area (TPSA) is 65.1 Å². The summed E-state index contributed by atoms with van der Waals surface area (Å²) in [5.41, 5.74) is 2.70. The van der Waals surface area contributed by atoms with Gasteiger partial charge in [0.1, 0.15) is 0 Å². The van der Waals surface area contributed by atoms with E-state index in [1.54, 1.807) is 0 Å². The minimum atomic E-state index is -0.0241. The van der Waals surface area contributed by atoms with Crippen molar-refractivity contribution >= 4 is 34.5 Å². The van der Waals surface area contributed by atoms with Gasteiger partial charge in [-0.1, -0.05) is 0 Å². The van der Waals surface area contributed by atoms with Crippen LogP contribution in [0.5, 0.6) is 0 Å². The minimum Gasteiger partial charge on any atom is -0.372 e. The van der Waals surface area contributed by atoms with Crippen LogP contribution in [0.25, 0.3) is 0 Å². The average molecular weight is 457 g/mol. The van der Waals surface area contributed by atoms with E-state index >= 15 is 0 Å². The van der Waals surface area contributed by atoms with E-state index in [1.807, 2.05) is 33.9 Å². The Balaban J connectivity index is 1.26. The van der Waals surface area contributed by atoms with Gasteiger partial charge in [0, 0.05) is 56.0 Å². The molecule has 1 N–H and O–H groups in total. The summed E-state index contributed by atoms with van der Waals surface area (Å²) in [5.74, 6) is 0.0608. The molecule has 2 amide bonds. The van der Waals surface area contributed by atoms with Gasteiger partial charge in [-0.25, -0.2) is 0 Å². The zero-order valence-electron chi connectivity index (χ0n) is 18.8. The predicted molar refractivity (Wildman–Crippen MR) is 129 cm³/mol. The molecule has 8 heteroatoms. The summed E-state index contributed by atoms with van der Waals surface area (Å²) in [7, 11) is 0. The molecule has 0 saturated carbocycles. The molecule has 2 aromatic rings. The van der Waals surface area contributed by atoms with Crippen LogP contribution in [-0.2, 0) is 9.53 Å². The van der Waals surface area contributed by atoms with Crippen LogP contribution in [-0.4, -0.2) is 79.6 Å². The van der Waals surface area contributed by atoms with Crippen LogP contribution in [0.15, 0.2) is 41.1 Å². The molecule has 2 unspecified atom stereocenters. The van der Waals surface area contributed by atoms with Crippen LogP contribution in [0.3, 0.4) is 0 Å². The van der Waals surface area contributed by atoms with E-state index in [2.05, 4.69) is 41.1 Å². The number of nitrogens with zero attached hydrogens (tertiary/aromatic N) is 3. The Morgan fingerprint density at radius 3 is 2.47 bits per heavy atom. The van der Waals surface area contributed by atoms with E-state index in [9.17, 15) is 9.59 Å². The SMILES string of the molecule is CC1CN(c2ccc(NC(=O)CN3CCCN(C(=O)c4ccsc4)CC3)cc2)CC(C)O1. The molecule has 1 aromatic carbocycles. The lowest BCUT2D eigenvalue weighted by atomic mass is 10.2. The summed E-state index contributed by atoms with van der Waals surface area (Å²) in [4.78, 5) is 31.5. The molecule has 2 atom stereocenters. The predicted octanol–water partition coefficient (Wildman–Crippen LogP) is 3.15. The summed E-state index contributed by atoms with van der Waals surface area (Å²) in [5, 5.41) is 6.83. The smallest absolute Gasteiger partial charge is 0.254 e. The van der Waals surface area contributed by atoms with Crippen molar-refractivity contribution in [1.82, 2.24) is 9.80 Å². The maximum Gasteiger partial charge on any atom is 0.254 e. The number of benzene rings is 1. The molecule has 4 rings (SSSR count). The first kappa shape index (κ1) is 22.8. The Labute approximate surface area is 193 Å². The normalized spacial score (nSPS) is 22.4. The highest BCUT2D eigenvalue weighted by Crippen LogP contribution is 2.22. The van der Waals surface area contributed by atoms with Crippen molar-refractivity contribution in [2.45, 2.75) is 32.5 Å². The molecule has 0 aliphatic carbocycles. The van der Waals surface area contributed by atoms with Crippen LogP contribution in [0.1, 0.15) is 30.6 Å². The fourth-order valence-corrected chi connectivity index (χ4v) is 5.08. The Hall–Kier alpha value is -2.42. The maximum atomic E-state index is 12.6. The molecule has 1 aromatic heterocycles. The van der Waals surface area contributed by atoms with Crippen molar-refractivity contribution in [3.8, 4) is 0 Å². The molecule has 2 aliphatic heterocycles. The van der Waals surface area contributed by atoms with Crippen molar-refractivity contribution in [1.29, 1.82) is 0 Å². The van der Waals surface area contributed by atoms with E-state index in [0.717, 1.165) is 49.5 Å². The Morgan fingerprint density at radius 2 is 1.78 bits per heavy atom. The highest BCUT2D eigenvalue weighted by molar-refractivity contribution is 7.08. The third-order valence-electron chi connectivity index (χ3n) is 5.95. The summed E-state index contributed by atoms with van der Waals surface area (Å²) in [6.07, 6.45) is 1.29. The van der Waals surface area contributed by atoms with Crippen LogP contribution in [0.4, 0.5) is 11.4 Å². The molecule has 3 heterocycles. The van der Waals surface area contributed by atoms with Gasteiger partial charge in [-0.2, -0.15) is 11.3 Å². The van der Waals surface area contributed by atoms with E-state index in [4.69, 9.17) is 4.74 Å². The van der Waals surface area contributed by atoms with Crippen LogP contribution < -0.4 is 10.2 Å². The Kier molecular flexibility index (Phi) is 7.44. The van der Waals surface area contributed by atoms with Gasteiger partial charge in [0.05, 0.1) is 24.3 Å². The second kappa shape index (κ2) is 10.5. The zero-order chi connectivity index (χ0) is 22.5. The Morgan fingerprint density at radius 1 is 1.03 bits per heavy atom. The fourth-order valence-electron chi connectivity index (χ4n) is 4.45. The number of hydrogen-bond donors (Lipinski definition) is 1. The van der Waals surface area contributed by atoms with Gasteiger partial charge in [0.25, 0.3) is 5.91 Å². The van der Waals surface area contributed by atoms with Crippen molar-refractivity contribution < 1.29 is 14.3 Å². The van der Waals surface area contributed by atoms with E-state index in [1.165, 1.54) is 11.3 Å². The summed E-state index contributed by atoms with van der Waals surface area (Å²) < 4.78 is 5.81. The standard InChI is InChI=1S/C24H32N4O3S/c1-18-14-28(15-19(2)31-18)22-6-4-21(5-7-22)25-23(29)16-26-9-3-10-27(12-11-26)24(30)20-8-13-32-17-20/h4-8,13,17-19H,3,9-12,14-16H2,1-2H3,(H,25,29). The molecule has 172 valence electrons. The molecule has 0 radical (unpaired) electrons. The highest BCUT2D eigenvalue weighted by Gasteiger charge is 2.23. The molecule has 2 fully saturated rings. The summed E-state index contributed by atoms with van der Waals surface area (Å²) in [6.45, 7) is 9.16. The first-order chi connectivity index (χ1) is 15.5. The molecule has 2 saturated heterocycles. The second-order valence-electron chi connectivity index (χ2n) is 8.69. The van der Waals surface area contributed by atoms with Gasteiger partial charge >= 0.3 is 0 Å². The lowest BCUT2D eigenvalue weighted by molar-refractivity contribution is -0.117. The van der Waals surface area contributed by atoms with Crippen LogP contribution >= 0.6 is 11.3 Å². The first-order valence-electron chi connectivity index (χ1n) is 11.3. The summed E-state index contributed by atoms with van der Waals surface area (Å²) in [6, 6.07) is 9.90. The molecular formula is C24H32N4O3S. The number of nitrogens with one attached hydrogen (secondary N) is 1. The molecular weight excluding hydrogens is 424 g/mol. The maximum absolute atomic E-state index is 12.6. The largest absolute Gasteiger partial charge is 0.372 e. The fraction of sp³-hybridized carbons (Fsp3) is 0.500. The molecule has 32 heavy (non-hydrogen) atoms. The number of morpholine rings is 1. The third-order valence-corrected chi connectivity index (χ3v) is 6.63. The lowest BCUT2D eigenvalue weighted by Crippen LogP contribution is -2.45. The number of thiophene rings is 1. The van der Waals surface area contributed by atoms with Crippen molar-refractivity contribution in [2.24, 2.45) is 0 Å². The highest BCUT2D eigenvalue weighted by atomic mass is 32.1. The van der Waals surface area contributed by atoms with Gasteiger partial charge in [-0.05, 0) is 56.0 Å². The number of carbonyl (C=O) groups excluding carboxylic acids is 2. The summed E-state index contributed by atoms with van der Waals surface area (Å²) >= 11 is 1.54. The van der Waals surface area contributed by atoms with Crippen LogP contribution in [0.2, 0.25) is 0 Å². The Bertz CT molecular complexity index is 892. The second-order valence-corrected chi connectivity index (χ2v) is 9.47. The van der Waals surface area contributed by atoms with Crippen molar-refractivity contribution in [2.75, 3.05) is 56.0 Å². The van der Waals surface area contributed by atoms with E-state index < -0.39 is 0 Å².